The third kappa shape index (κ3) is 2.62. The Kier molecular flexibility index (Phi) is 3.53. The molecule has 0 aliphatic rings. The lowest BCUT2D eigenvalue weighted by atomic mass is 10.3. The number of rotatable bonds is 4. The summed E-state index contributed by atoms with van der Waals surface area (Å²) in [7, 11) is 1.64. The van der Waals surface area contributed by atoms with Crippen LogP contribution in [-0.4, -0.2) is 20.6 Å². The number of benzene rings is 1. The van der Waals surface area contributed by atoms with Crippen molar-refractivity contribution in [3.63, 3.8) is 0 Å². The van der Waals surface area contributed by atoms with E-state index in [9.17, 15) is 4.79 Å². The van der Waals surface area contributed by atoms with Crippen LogP contribution in [0.1, 0.15) is 16.3 Å². The molecule has 5 nitrogen and oxygen atoms in total. The third-order valence-corrected chi connectivity index (χ3v) is 2.74. The molecular formula is C12H11ClN2O3. The minimum atomic E-state index is -1.01. The van der Waals surface area contributed by atoms with Crippen molar-refractivity contribution in [1.82, 2.24) is 9.55 Å². The molecular weight excluding hydrogens is 256 g/mol. The molecule has 0 amide bonds. The van der Waals surface area contributed by atoms with E-state index < -0.39 is 5.97 Å². The number of carbonyl (C=O) groups is 1. The Hall–Kier alpha value is -2.01. The van der Waals surface area contributed by atoms with Gasteiger partial charge >= 0.3 is 5.97 Å². The van der Waals surface area contributed by atoms with E-state index in [2.05, 4.69) is 4.98 Å². The topological polar surface area (TPSA) is 64.4 Å². The number of hydrogen-bond acceptors (Lipinski definition) is 3. The number of aromatic carboxylic acids is 1. The molecule has 94 valence electrons. The van der Waals surface area contributed by atoms with Gasteiger partial charge in [0.2, 0.25) is 0 Å². The highest BCUT2D eigenvalue weighted by molar-refractivity contribution is 6.30. The zero-order chi connectivity index (χ0) is 13.1. The first kappa shape index (κ1) is 12.4. The molecule has 0 saturated carbocycles. The number of carboxylic acids is 1. The molecule has 2 aromatic rings. The molecule has 6 heteroatoms. The van der Waals surface area contributed by atoms with Crippen LogP contribution in [0.2, 0.25) is 5.02 Å². The highest BCUT2D eigenvalue weighted by atomic mass is 35.5. The average Bonchev–Trinajstić information content (AvgIpc) is 2.70. The number of nitrogens with zero attached hydrogens (tertiary/aromatic N) is 2. The van der Waals surface area contributed by atoms with E-state index in [1.165, 1.54) is 10.8 Å². The number of carboxylic acid groups (broad SMARTS) is 1. The summed E-state index contributed by atoms with van der Waals surface area (Å²) in [6.45, 7) is 0.200. The van der Waals surface area contributed by atoms with Gasteiger partial charge in [0, 0.05) is 12.1 Å². The van der Waals surface area contributed by atoms with Crippen molar-refractivity contribution in [3.05, 3.63) is 47.0 Å². The number of hydrogen-bond donors (Lipinski definition) is 1. The molecule has 1 aromatic carbocycles. The summed E-state index contributed by atoms with van der Waals surface area (Å²) < 4.78 is 6.97. The molecule has 1 heterocycles. The molecule has 0 unspecified atom stereocenters. The van der Waals surface area contributed by atoms with Crippen LogP contribution < -0.4 is 4.74 Å². The van der Waals surface area contributed by atoms with E-state index in [1.54, 1.807) is 31.3 Å². The Bertz CT molecular complexity index is 563. The second-order valence-corrected chi connectivity index (χ2v) is 4.10. The number of halogens is 1. The monoisotopic (exact) mass is 266 g/mol. The van der Waals surface area contributed by atoms with E-state index in [-0.39, 0.29) is 12.3 Å². The largest absolute Gasteiger partial charge is 0.486 e. The fourth-order valence-corrected chi connectivity index (χ4v) is 1.59. The van der Waals surface area contributed by atoms with Gasteiger partial charge in [0.25, 0.3) is 0 Å². The Morgan fingerprint density at radius 3 is 2.67 bits per heavy atom. The minimum Gasteiger partial charge on any atom is -0.486 e. The molecule has 0 radical (unpaired) electrons. The van der Waals surface area contributed by atoms with Crippen molar-refractivity contribution < 1.29 is 14.6 Å². The molecule has 0 aliphatic carbocycles. The van der Waals surface area contributed by atoms with Crippen LogP contribution in [-0.2, 0) is 13.7 Å². The first-order valence-electron chi connectivity index (χ1n) is 5.20. The molecule has 18 heavy (non-hydrogen) atoms. The maximum atomic E-state index is 10.8. The molecule has 0 aliphatic heterocycles. The molecule has 0 spiro atoms. The van der Waals surface area contributed by atoms with Crippen molar-refractivity contribution in [2.45, 2.75) is 6.61 Å². The Morgan fingerprint density at radius 1 is 1.44 bits per heavy atom. The van der Waals surface area contributed by atoms with Crippen LogP contribution >= 0.6 is 11.6 Å². The summed E-state index contributed by atoms with van der Waals surface area (Å²) in [4.78, 5) is 14.8. The van der Waals surface area contributed by atoms with Gasteiger partial charge in [0.05, 0.1) is 6.20 Å². The summed E-state index contributed by atoms with van der Waals surface area (Å²) in [5, 5.41) is 9.51. The van der Waals surface area contributed by atoms with Gasteiger partial charge in [-0.05, 0) is 24.3 Å². The van der Waals surface area contributed by atoms with Crippen LogP contribution in [0.3, 0.4) is 0 Å². The lowest BCUT2D eigenvalue weighted by molar-refractivity contribution is 0.0686. The molecule has 0 fully saturated rings. The Labute approximate surface area is 109 Å². The van der Waals surface area contributed by atoms with Crippen molar-refractivity contribution >= 4 is 17.6 Å². The second kappa shape index (κ2) is 5.10. The summed E-state index contributed by atoms with van der Waals surface area (Å²) in [5.74, 6) is 0.185. The maximum Gasteiger partial charge on any atom is 0.354 e. The molecule has 0 atom stereocenters. The van der Waals surface area contributed by atoms with E-state index in [1.807, 2.05) is 0 Å². The summed E-state index contributed by atoms with van der Waals surface area (Å²) in [6, 6.07) is 6.92. The van der Waals surface area contributed by atoms with Crippen molar-refractivity contribution in [2.24, 2.45) is 7.05 Å². The van der Waals surface area contributed by atoms with Crippen LogP contribution in [0.4, 0.5) is 0 Å². The third-order valence-electron chi connectivity index (χ3n) is 2.49. The van der Waals surface area contributed by atoms with Crippen molar-refractivity contribution in [2.75, 3.05) is 0 Å². The molecule has 2 rings (SSSR count). The standard InChI is InChI=1S/C12H11ClN2O3/c1-15-10(12(16)17)6-14-11(15)7-18-9-4-2-8(13)3-5-9/h2-6H,7H2,1H3,(H,16,17). The first-order valence-corrected chi connectivity index (χ1v) is 5.58. The van der Waals surface area contributed by atoms with Gasteiger partial charge in [-0.15, -0.1) is 0 Å². The quantitative estimate of drug-likeness (QED) is 0.923. The Balaban J connectivity index is 2.06. The van der Waals surface area contributed by atoms with Crippen LogP contribution in [0.5, 0.6) is 5.75 Å². The van der Waals surface area contributed by atoms with Crippen LogP contribution in [0.25, 0.3) is 0 Å². The van der Waals surface area contributed by atoms with E-state index >= 15 is 0 Å². The van der Waals surface area contributed by atoms with E-state index in [0.717, 1.165) is 0 Å². The van der Waals surface area contributed by atoms with E-state index in [4.69, 9.17) is 21.4 Å². The Morgan fingerprint density at radius 2 is 2.11 bits per heavy atom. The van der Waals surface area contributed by atoms with Crippen LogP contribution in [0.15, 0.2) is 30.5 Å². The molecule has 0 bridgehead atoms. The molecule has 1 aromatic heterocycles. The predicted molar refractivity (Wildman–Crippen MR) is 66.0 cm³/mol. The SMILES string of the molecule is Cn1c(C(=O)O)cnc1COc1ccc(Cl)cc1. The zero-order valence-corrected chi connectivity index (χ0v) is 10.4. The first-order chi connectivity index (χ1) is 8.58. The fraction of sp³-hybridized carbons (Fsp3) is 0.167. The number of imidazole rings is 1. The minimum absolute atomic E-state index is 0.129. The number of aromatic nitrogens is 2. The lowest BCUT2D eigenvalue weighted by Crippen LogP contribution is -2.09. The predicted octanol–water partition coefficient (Wildman–Crippen LogP) is 2.35. The van der Waals surface area contributed by atoms with Crippen LogP contribution in [0, 0.1) is 0 Å². The maximum absolute atomic E-state index is 10.8. The van der Waals surface area contributed by atoms with Gasteiger partial charge in [0.15, 0.2) is 0 Å². The molecule has 1 N–H and O–H groups in total. The van der Waals surface area contributed by atoms with Gasteiger partial charge in [-0.1, -0.05) is 11.6 Å². The summed E-state index contributed by atoms with van der Waals surface area (Å²) in [5.41, 5.74) is 0.129. The van der Waals surface area contributed by atoms with Crippen molar-refractivity contribution in [1.29, 1.82) is 0 Å². The zero-order valence-electron chi connectivity index (χ0n) is 9.63. The lowest BCUT2D eigenvalue weighted by Gasteiger charge is -2.06. The number of ether oxygens (including phenoxy) is 1. The normalized spacial score (nSPS) is 10.3. The van der Waals surface area contributed by atoms with Crippen molar-refractivity contribution in [3.8, 4) is 5.75 Å². The average molecular weight is 267 g/mol. The van der Waals surface area contributed by atoms with Gasteiger partial charge < -0.3 is 14.4 Å². The summed E-state index contributed by atoms with van der Waals surface area (Å²) >= 11 is 5.75. The highest BCUT2D eigenvalue weighted by Gasteiger charge is 2.12. The van der Waals surface area contributed by atoms with Gasteiger partial charge in [-0.2, -0.15) is 0 Å². The summed E-state index contributed by atoms with van der Waals surface area (Å²) in [6.07, 6.45) is 1.31. The smallest absolute Gasteiger partial charge is 0.354 e. The van der Waals surface area contributed by atoms with Gasteiger partial charge in [0.1, 0.15) is 23.9 Å². The molecule has 0 saturated heterocycles. The highest BCUT2D eigenvalue weighted by Crippen LogP contribution is 2.16. The second-order valence-electron chi connectivity index (χ2n) is 3.67. The van der Waals surface area contributed by atoms with Gasteiger partial charge in [-0.3, -0.25) is 0 Å². The van der Waals surface area contributed by atoms with Gasteiger partial charge in [-0.25, -0.2) is 9.78 Å². The fourth-order valence-electron chi connectivity index (χ4n) is 1.46. The van der Waals surface area contributed by atoms with E-state index in [0.29, 0.717) is 16.6 Å².